The van der Waals surface area contributed by atoms with Crippen LogP contribution in [0.15, 0.2) is 49.1 Å². The highest BCUT2D eigenvalue weighted by Gasteiger charge is 2.15. The van der Waals surface area contributed by atoms with Crippen molar-refractivity contribution in [2.75, 3.05) is 26.8 Å². The van der Waals surface area contributed by atoms with Crippen molar-refractivity contribution in [3.8, 4) is 0 Å². The third kappa shape index (κ3) is 6.97. The highest BCUT2D eigenvalue weighted by Crippen LogP contribution is 2.04. The van der Waals surface area contributed by atoms with E-state index in [0.717, 1.165) is 12.8 Å². The summed E-state index contributed by atoms with van der Waals surface area (Å²) >= 11 is 0. The molecule has 0 bridgehead atoms. The summed E-state index contributed by atoms with van der Waals surface area (Å²) in [6.07, 6.45) is 7.28. The van der Waals surface area contributed by atoms with E-state index in [9.17, 15) is 4.79 Å². The Labute approximate surface area is 149 Å². The lowest BCUT2D eigenvalue weighted by Crippen LogP contribution is -2.46. The van der Waals surface area contributed by atoms with E-state index >= 15 is 0 Å². The lowest BCUT2D eigenvalue weighted by atomic mass is 10.1. The van der Waals surface area contributed by atoms with Gasteiger partial charge in [-0.2, -0.15) is 0 Å². The average Bonchev–Trinajstić information content (AvgIpc) is 3.11. The third-order valence-corrected chi connectivity index (χ3v) is 4.00. The van der Waals surface area contributed by atoms with Crippen LogP contribution in [0.5, 0.6) is 0 Å². The highest BCUT2D eigenvalue weighted by molar-refractivity contribution is 5.74. The molecule has 25 heavy (non-hydrogen) atoms. The topological polar surface area (TPSA) is 59.4 Å². The van der Waals surface area contributed by atoms with E-state index in [1.54, 1.807) is 19.6 Å². The molecule has 2 aromatic rings. The number of imidazole rings is 1. The van der Waals surface area contributed by atoms with Crippen molar-refractivity contribution in [1.29, 1.82) is 0 Å². The van der Waals surface area contributed by atoms with E-state index in [4.69, 9.17) is 4.74 Å². The molecular weight excluding hydrogens is 316 g/mol. The Balaban J connectivity index is 1.81. The second-order valence-corrected chi connectivity index (χ2v) is 6.18. The van der Waals surface area contributed by atoms with Crippen LogP contribution >= 0.6 is 0 Å². The van der Waals surface area contributed by atoms with E-state index < -0.39 is 0 Å². The van der Waals surface area contributed by atoms with E-state index in [1.807, 2.05) is 40.8 Å². The number of aromatic nitrogens is 2. The van der Waals surface area contributed by atoms with Crippen LogP contribution in [0.3, 0.4) is 0 Å². The summed E-state index contributed by atoms with van der Waals surface area (Å²) in [4.78, 5) is 18.4. The molecule has 1 atom stereocenters. The molecule has 1 N–H and O–H groups in total. The van der Waals surface area contributed by atoms with Gasteiger partial charge in [0.05, 0.1) is 12.9 Å². The number of ether oxygens (including phenoxy) is 1. The standard InChI is InChI=1S/C19H28N4O2/c1-17(15-22-12-10-20-16-22)21-19(24)23(13-14-25-2)11-6-9-18-7-4-3-5-8-18/h3-5,7-8,10,12,16-17H,6,9,11,13-15H2,1-2H3,(H,21,24)/t17-/m1/s1. The highest BCUT2D eigenvalue weighted by atomic mass is 16.5. The number of hydrogen-bond acceptors (Lipinski definition) is 3. The Morgan fingerprint density at radius 2 is 2.12 bits per heavy atom. The molecule has 2 rings (SSSR count). The SMILES string of the molecule is COCCN(CCCc1ccccc1)C(=O)N[C@H](C)Cn1ccnc1. The molecule has 0 saturated carbocycles. The first kappa shape index (κ1) is 19.0. The van der Waals surface area contributed by atoms with Gasteiger partial charge in [-0.25, -0.2) is 9.78 Å². The number of methoxy groups -OCH3 is 1. The van der Waals surface area contributed by atoms with Crippen molar-refractivity contribution in [3.63, 3.8) is 0 Å². The number of amides is 2. The second-order valence-electron chi connectivity index (χ2n) is 6.18. The van der Waals surface area contributed by atoms with Gasteiger partial charge in [0.2, 0.25) is 0 Å². The molecule has 0 fully saturated rings. The van der Waals surface area contributed by atoms with Gasteiger partial charge in [0.15, 0.2) is 0 Å². The Morgan fingerprint density at radius 3 is 2.80 bits per heavy atom. The molecule has 6 heteroatoms. The molecule has 0 saturated heterocycles. The van der Waals surface area contributed by atoms with Crippen LogP contribution < -0.4 is 5.32 Å². The lowest BCUT2D eigenvalue weighted by Gasteiger charge is -2.25. The maximum absolute atomic E-state index is 12.6. The average molecular weight is 344 g/mol. The molecule has 0 unspecified atom stereocenters. The van der Waals surface area contributed by atoms with Crippen molar-refractivity contribution in [2.24, 2.45) is 0 Å². The van der Waals surface area contributed by atoms with Crippen LogP contribution in [0.2, 0.25) is 0 Å². The lowest BCUT2D eigenvalue weighted by molar-refractivity contribution is 0.146. The zero-order chi connectivity index (χ0) is 17.9. The predicted octanol–water partition coefficient (Wildman–Crippen LogP) is 2.56. The van der Waals surface area contributed by atoms with Crippen molar-refractivity contribution < 1.29 is 9.53 Å². The van der Waals surface area contributed by atoms with Crippen molar-refractivity contribution >= 4 is 6.03 Å². The van der Waals surface area contributed by atoms with Gasteiger partial charge < -0.3 is 19.5 Å². The number of rotatable bonds is 10. The summed E-state index contributed by atoms with van der Waals surface area (Å²) in [7, 11) is 1.65. The van der Waals surface area contributed by atoms with Gasteiger partial charge in [-0.05, 0) is 25.3 Å². The summed E-state index contributed by atoms with van der Waals surface area (Å²) in [5.41, 5.74) is 1.29. The Kier molecular flexibility index (Phi) is 7.98. The molecule has 1 aromatic heterocycles. The second kappa shape index (κ2) is 10.5. The zero-order valence-corrected chi connectivity index (χ0v) is 15.1. The quantitative estimate of drug-likeness (QED) is 0.721. The van der Waals surface area contributed by atoms with Crippen molar-refractivity contribution in [1.82, 2.24) is 19.8 Å². The van der Waals surface area contributed by atoms with Crippen LogP contribution in [0.25, 0.3) is 0 Å². The molecular formula is C19H28N4O2. The van der Waals surface area contributed by atoms with Gasteiger partial charge in [-0.3, -0.25) is 0 Å². The van der Waals surface area contributed by atoms with Gasteiger partial charge >= 0.3 is 6.03 Å². The number of nitrogens with zero attached hydrogens (tertiary/aromatic N) is 3. The smallest absolute Gasteiger partial charge is 0.317 e. The summed E-state index contributed by atoms with van der Waals surface area (Å²) in [6.45, 7) is 4.54. The fraction of sp³-hybridized carbons (Fsp3) is 0.474. The first-order valence-electron chi connectivity index (χ1n) is 8.73. The van der Waals surface area contributed by atoms with E-state index in [0.29, 0.717) is 26.2 Å². The van der Waals surface area contributed by atoms with Crippen LogP contribution in [0.4, 0.5) is 4.79 Å². The van der Waals surface area contributed by atoms with E-state index in [1.165, 1.54) is 5.56 Å². The number of nitrogens with one attached hydrogen (secondary N) is 1. The molecule has 136 valence electrons. The predicted molar refractivity (Wildman–Crippen MR) is 98.4 cm³/mol. The number of carbonyl (C=O) groups is 1. The zero-order valence-electron chi connectivity index (χ0n) is 15.1. The number of hydrogen-bond donors (Lipinski definition) is 1. The third-order valence-electron chi connectivity index (χ3n) is 4.00. The van der Waals surface area contributed by atoms with Gasteiger partial charge in [0.25, 0.3) is 0 Å². The monoisotopic (exact) mass is 344 g/mol. The maximum atomic E-state index is 12.6. The van der Waals surface area contributed by atoms with Crippen molar-refractivity contribution in [2.45, 2.75) is 32.4 Å². The van der Waals surface area contributed by atoms with Crippen LogP contribution in [-0.2, 0) is 17.7 Å². The molecule has 1 aromatic carbocycles. The fourth-order valence-electron chi connectivity index (χ4n) is 2.69. The summed E-state index contributed by atoms with van der Waals surface area (Å²) in [5.74, 6) is 0. The van der Waals surface area contributed by atoms with Gasteiger partial charge in [0.1, 0.15) is 0 Å². The number of aryl methyl sites for hydroxylation is 1. The first-order valence-corrected chi connectivity index (χ1v) is 8.73. The van der Waals surface area contributed by atoms with Crippen LogP contribution in [-0.4, -0.2) is 53.3 Å². The summed E-state index contributed by atoms with van der Waals surface area (Å²) in [5, 5.41) is 3.06. The summed E-state index contributed by atoms with van der Waals surface area (Å²) < 4.78 is 7.10. The Hall–Kier alpha value is -2.34. The van der Waals surface area contributed by atoms with E-state index in [-0.39, 0.29) is 12.1 Å². The van der Waals surface area contributed by atoms with Crippen LogP contribution in [0, 0.1) is 0 Å². The molecule has 0 aliphatic heterocycles. The van der Waals surface area contributed by atoms with E-state index in [2.05, 4.69) is 22.4 Å². The minimum Gasteiger partial charge on any atom is -0.383 e. The number of carbonyl (C=O) groups excluding carboxylic acids is 1. The van der Waals surface area contributed by atoms with Gasteiger partial charge in [-0.1, -0.05) is 30.3 Å². The Morgan fingerprint density at radius 1 is 1.32 bits per heavy atom. The fourth-order valence-corrected chi connectivity index (χ4v) is 2.69. The molecule has 1 heterocycles. The molecule has 2 amide bonds. The number of benzene rings is 1. The van der Waals surface area contributed by atoms with Crippen LogP contribution in [0.1, 0.15) is 18.9 Å². The van der Waals surface area contributed by atoms with Gasteiger partial charge in [0, 0.05) is 45.2 Å². The molecule has 0 aliphatic rings. The largest absolute Gasteiger partial charge is 0.383 e. The molecule has 0 radical (unpaired) electrons. The minimum atomic E-state index is -0.0438. The molecule has 6 nitrogen and oxygen atoms in total. The molecule has 0 aliphatic carbocycles. The van der Waals surface area contributed by atoms with Crippen molar-refractivity contribution in [3.05, 3.63) is 54.6 Å². The first-order chi connectivity index (χ1) is 12.2. The number of urea groups is 1. The molecule has 0 spiro atoms. The van der Waals surface area contributed by atoms with Gasteiger partial charge in [-0.15, -0.1) is 0 Å². The minimum absolute atomic E-state index is 0.0286. The summed E-state index contributed by atoms with van der Waals surface area (Å²) in [6, 6.07) is 10.3. The Bertz CT molecular complexity index is 601. The normalized spacial score (nSPS) is 11.9. The maximum Gasteiger partial charge on any atom is 0.317 e.